The molecule has 0 N–H and O–H groups in total. The topological polar surface area (TPSA) is 61.2 Å². The first-order valence-corrected chi connectivity index (χ1v) is 7.25. The van der Waals surface area contributed by atoms with Gasteiger partial charge in [-0.25, -0.2) is 14.3 Å². The van der Waals surface area contributed by atoms with E-state index < -0.39 is 17.3 Å². The summed E-state index contributed by atoms with van der Waals surface area (Å²) < 4.78 is 6.33. The fourth-order valence-electron chi connectivity index (χ4n) is 1.76. The summed E-state index contributed by atoms with van der Waals surface area (Å²) in [4.78, 5) is 28.8. The third kappa shape index (κ3) is 2.90. The maximum Gasteiger partial charge on any atom is 0.422 e. The minimum atomic E-state index is -0.691. The maximum atomic E-state index is 12.3. The lowest BCUT2D eigenvalue weighted by atomic mass is 10.2. The van der Waals surface area contributed by atoms with Gasteiger partial charge in [0.25, 0.3) is 5.56 Å². The number of para-hydroxylation sites is 2. The van der Waals surface area contributed by atoms with Gasteiger partial charge in [0.1, 0.15) is 11.3 Å². The number of hydrogen-bond donors (Lipinski definition) is 0. The molecule has 0 unspecified atom stereocenters. The van der Waals surface area contributed by atoms with Gasteiger partial charge in [0, 0.05) is 0 Å². The first-order chi connectivity index (χ1) is 9.33. The second-order valence-electron chi connectivity index (χ2n) is 5.30. The van der Waals surface area contributed by atoms with Gasteiger partial charge in [-0.05, 0) is 32.9 Å². The third-order valence-electron chi connectivity index (χ3n) is 2.53. The fraction of sp³-hybridized carbons (Fsp3) is 0.357. The number of nitrogens with zero attached hydrogens (tertiary/aromatic N) is 2. The van der Waals surface area contributed by atoms with E-state index >= 15 is 0 Å². The van der Waals surface area contributed by atoms with E-state index in [0.717, 1.165) is 4.57 Å². The number of carbonyl (C=O) groups excluding carboxylic acids is 1. The zero-order chi connectivity index (χ0) is 14.9. The third-order valence-corrected chi connectivity index (χ3v) is 3.06. The van der Waals surface area contributed by atoms with Crippen LogP contribution >= 0.6 is 15.9 Å². The van der Waals surface area contributed by atoms with Gasteiger partial charge in [-0.2, -0.15) is 0 Å². The second-order valence-corrected chi connectivity index (χ2v) is 5.86. The Morgan fingerprint density at radius 3 is 2.60 bits per heavy atom. The summed E-state index contributed by atoms with van der Waals surface area (Å²) in [6, 6.07) is 6.98. The number of benzene rings is 1. The van der Waals surface area contributed by atoms with E-state index in [2.05, 4.69) is 20.9 Å². The lowest BCUT2D eigenvalue weighted by Crippen LogP contribution is -2.35. The molecule has 0 saturated heterocycles. The van der Waals surface area contributed by atoms with Crippen molar-refractivity contribution in [2.75, 3.05) is 0 Å². The van der Waals surface area contributed by atoms with Crippen molar-refractivity contribution in [1.82, 2.24) is 9.55 Å². The number of aromatic nitrogens is 2. The number of halogens is 1. The molecule has 0 amide bonds. The Kier molecular flexibility index (Phi) is 3.94. The molecule has 1 aromatic heterocycles. The van der Waals surface area contributed by atoms with Crippen LogP contribution in [-0.4, -0.2) is 21.2 Å². The number of ether oxygens (including phenoxy) is 1. The van der Waals surface area contributed by atoms with Gasteiger partial charge in [0.05, 0.1) is 16.4 Å². The highest BCUT2D eigenvalue weighted by molar-refractivity contribution is 9.08. The minimum absolute atomic E-state index is 0.273. The smallest absolute Gasteiger partial charge is 0.422 e. The minimum Gasteiger partial charge on any atom is -0.443 e. The van der Waals surface area contributed by atoms with Crippen molar-refractivity contribution < 1.29 is 9.53 Å². The lowest BCUT2D eigenvalue weighted by molar-refractivity contribution is 0.0538. The van der Waals surface area contributed by atoms with Crippen LogP contribution in [0.15, 0.2) is 29.1 Å². The summed E-state index contributed by atoms with van der Waals surface area (Å²) in [6.45, 7) is 5.26. The first kappa shape index (κ1) is 14.7. The SMILES string of the molecule is CC(C)(C)OC(=O)n1c(=O)c(CBr)nc2ccccc21. The van der Waals surface area contributed by atoms with Crippen molar-refractivity contribution in [3.63, 3.8) is 0 Å². The predicted molar refractivity (Wildman–Crippen MR) is 80.3 cm³/mol. The van der Waals surface area contributed by atoms with Crippen LogP contribution in [0.25, 0.3) is 11.0 Å². The quantitative estimate of drug-likeness (QED) is 0.749. The molecule has 0 aliphatic carbocycles. The number of hydrogen-bond acceptors (Lipinski definition) is 4. The van der Waals surface area contributed by atoms with Gasteiger partial charge < -0.3 is 4.74 Å². The molecule has 0 spiro atoms. The van der Waals surface area contributed by atoms with Crippen LogP contribution in [0, 0.1) is 0 Å². The Balaban J connectivity index is 2.70. The van der Waals surface area contributed by atoms with E-state index in [4.69, 9.17) is 4.74 Å². The molecule has 5 nitrogen and oxygen atoms in total. The van der Waals surface area contributed by atoms with Crippen LogP contribution in [0.2, 0.25) is 0 Å². The molecule has 20 heavy (non-hydrogen) atoms. The molecule has 0 aliphatic heterocycles. The molecule has 2 aromatic rings. The standard InChI is InChI=1S/C14H15BrN2O3/c1-14(2,3)20-13(19)17-11-7-5-4-6-9(11)16-10(8-15)12(17)18/h4-7H,8H2,1-3H3. The summed E-state index contributed by atoms with van der Waals surface area (Å²) >= 11 is 3.21. The Hall–Kier alpha value is -1.69. The zero-order valence-electron chi connectivity index (χ0n) is 11.5. The molecule has 0 saturated carbocycles. The van der Waals surface area contributed by atoms with E-state index in [1.165, 1.54) is 0 Å². The summed E-state index contributed by atoms with van der Waals surface area (Å²) in [5.74, 6) is 0. The summed E-state index contributed by atoms with van der Waals surface area (Å²) in [5, 5.41) is 0.277. The number of rotatable bonds is 1. The van der Waals surface area contributed by atoms with Crippen LogP contribution in [0.3, 0.4) is 0 Å². The average molecular weight is 339 g/mol. The highest BCUT2D eigenvalue weighted by Crippen LogP contribution is 2.14. The van der Waals surface area contributed by atoms with Gasteiger partial charge in [-0.1, -0.05) is 28.1 Å². The Labute approximate surface area is 124 Å². The Morgan fingerprint density at radius 1 is 1.35 bits per heavy atom. The first-order valence-electron chi connectivity index (χ1n) is 6.13. The molecule has 0 bridgehead atoms. The van der Waals surface area contributed by atoms with Gasteiger partial charge >= 0.3 is 6.09 Å². The van der Waals surface area contributed by atoms with Gasteiger partial charge in [-0.3, -0.25) is 4.79 Å². The summed E-state index contributed by atoms with van der Waals surface area (Å²) in [7, 11) is 0. The molecule has 0 radical (unpaired) electrons. The van der Waals surface area contributed by atoms with E-state index in [0.29, 0.717) is 11.0 Å². The Bertz CT molecular complexity index is 716. The van der Waals surface area contributed by atoms with Gasteiger partial charge in [-0.15, -0.1) is 0 Å². The molecule has 0 atom stereocenters. The predicted octanol–water partition coefficient (Wildman–Crippen LogP) is 3.07. The van der Waals surface area contributed by atoms with Crippen LogP contribution in [0.5, 0.6) is 0 Å². The van der Waals surface area contributed by atoms with E-state index in [-0.39, 0.29) is 11.0 Å². The van der Waals surface area contributed by atoms with Crippen molar-refractivity contribution in [2.24, 2.45) is 0 Å². The Morgan fingerprint density at radius 2 is 2.00 bits per heavy atom. The molecule has 0 fully saturated rings. The van der Waals surface area contributed by atoms with E-state index in [1.807, 2.05) is 0 Å². The zero-order valence-corrected chi connectivity index (χ0v) is 13.1. The van der Waals surface area contributed by atoms with Crippen LogP contribution in [-0.2, 0) is 10.1 Å². The highest BCUT2D eigenvalue weighted by Gasteiger charge is 2.22. The van der Waals surface area contributed by atoms with Gasteiger partial charge in [0.2, 0.25) is 0 Å². The highest BCUT2D eigenvalue weighted by atomic mass is 79.9. The molecular weight excluding hydrogens is 324 g/mol. The molecule has 0 aliphatic rings. The normalized spacial score (nSPS) is 11.6. The molecule has 1 aromatic carbocycles. The molecule has 1 heterocycles. The fourth-order valence-corrected chi connectivity index (χ4v) is 2.12. The van der Waals surface area contributed by atoms with Crippen molar-refractivity contribution >= 4 is 33.1 Å². The summed E-state index contributed by atoms with van der Waals surface area (Å²) in [6.07, 6.45) is -0.691. The summed E-state index contributed by atoms with van der Waals surface area (Å²) in [5.41, 5.74) is 0.156. The van der Waals surface area contributed by atoms with Crippen molar-refractivity contribution in [1.29, 1.82) is 0 Å². The molecule has 106 valence electrons. The average Bonchev–Trinajstić information content (AvgIpc) is 2.35. The van der Waals surface area contributed by atoms with Crippen molar-refractivity contribution in [2.45, 2.75) is 31.7 Å². The van der Waals surface area contributed by atoms with Gasteiger partial charge in [0.15, 0.2) is 0 Å². The van der Waals surface area contributed by atoms with Crippen LogP contribution in [0.1, 0.15) is 26.5 Å². The number of fused-ring (bicyclic) bond motifs is 1. The van der Waals surface area contributed by atoms with Crippen molar-refractivity contribution in [3.05, 3.63) is 40.3 Å². The van der Waals surface area contributed by atoms with Crippen LogP contribution in [0.4, 0.5) is 4.79 Å². The monoisotopic (exact) mass is 338 g/mol. The number of alkyl halides is 1. The van der Waals surface area contributed by atoms with E-state index in [9.17, 15) is 9.59 Å². The van der Waals surface area contributed by atoms with E-state index in [1.54, 1.807) is 45.0 Å². The molecule has 2 rings (SSSR count). The van der Waals surface area contributed by atoms with Crippen molar-refractivity contribution in [3.8, 4) is 0 Å². The maximum absolute atomic E-state index is 12.3. The number of carbonyl (C=O) groups is 1. The van der Waals surface area contributed by atoms with Crippen LogP contribution < -0.4 is 5.56 Å². The molecule has 6 heteroatoms. The lowest BCUT2D eigenvalue weighted by Gasteiger charge is -2.20. The largest absolute Gasteiger partial charge is 0.443 e. The second kappa shape index (κ2) is 5.36. The molecular formula is C14H15BrN2O3.